The monoisotopic (exact) mass is 365 g/mol. The molecule has 0 saturated carbocycles. The van der Waals surface area contributed by atoms with Crippen LogP contribution in [0.4, 0.5) is 0 Å². The quantitative estimate of drug-likeness (QED) is 0.906. The third-order valence-electron chi connectivity index (χ3n) is 5.37. The zero-order valence-corrected chi connectivity index (χ0v) is 16.2. The molecule has 1 N–H and O–H groups in total. The number of aryl methyl sites for hydroxylation is 1. The minimum Gasteiger partial charge on any atom is -0.352 e. The van der Waals surface area contributed by atoms with Crippen LogP contribution in [0.5, 0.6) is 0 Å². The molecule has 0 aliphatic carbocycles. The van der Waals surface area contributed by atoms with Crippen molar-refractivity contribution in [3.63, 3.8) is 0 Å². The van der Waals surface area contributed by atoms with Gasteiger partial charge in [-0.1, -0.05) is 23.8 Å². The Kier molecular flexibility index (Phi) is 5.59. The summed E-state index contributed by atoms with van der Waals surface area (Å²) in [5, 5.41) is 3.16. The number of piperidine rings is 1. The second-order valence-corrected chi connectivity index (χ2v) is 7.77. The number of hydrogen-bond acceptors (Lipinski definition) is 3. The van der Waals surface area contributed by atoms with E-state index in [0.29, 0.717) is 13.1 Å². The molecule has 2 amide bonds. The van der Waals surface area contributed by atoms with Crippen LogP contribution in [0.2, 0.25) is 0 Å². The topological polar surface area (TPSA) is 62.3 Å². The van der Waals surface area contributed by atoms with Gasteiger partial charge < -0.3 is 10.2 Å². The minimum absolute atomic E-state index is 0.00110. The van der Waals surface area contributed by atoms with Crippen molar-refractivity contribution in [1.29, 1.82) is 0 Å². The predicted octanol–water partition coefficient (Wildman–Crippen LogP) is 3.09. The molecule has 1 fully saturated rings. The van der Waals surface area contributed by atoms with E-state index < -0.39 is 5.41 Å². The van der Waals surface area contributed by atoms with E-state index in [9.17, 15) is 9.59 Å². The summed E-state index contributed by atoms with van der Waals surface area (Å²) < 4.78 is 0. The van der Waals surface area contributed by atoms with E-state index in [4.69, 9.17) is 0 Å². The number of hydrogen-bond donors (Lipinski definition) is 1. The van der Waals surface area contributed by atoms with Gasteiger partial charge in [-0.2, -0.15) is 0 Å². The molecule has 0 atom stereocenters. The summed E-state index contributed by atoms with van der Waals surface area (Å²) in [6.07, 6.45) is 4.99. The highest BCUT2D eigenvalue weighted by Gasteiger charge is 2.33. The molecule has 3 rings (SSSR count). The Labute approximate surface area is 160 Å². The number of likely N-dealkylation sites (tertiary alicyclic amines) is 1. The van der Waals surface area contributed by atoms with E-state index >= 15 is 0 Å². The van der Waals surface area contributed by atoms with Gasteiger partial charge >= 0.3 is 0 Å². The summed E-state index contributed by atoms with van der Waals surface area (Å²) in [5.74, 6) is 0.0641. The van der Waals surface area contributed by atoms with Crippen molar-refractivity contribution in [1.82, 2.24) is 15.2 Å². The lowest BCUT2D eigenvalue weighted by Gasteiger charge is -2.34. The van der Waals surface area contributed by atoms with Gasteiger partial charge in [-0.05, 0) is 57.4 Å². The van der Waals surface area contributed by atoms with Crippen LogP contribution >= 0.6 is 0 Å². The summed E-state index contributed by atoms with van der Waals surface area (Å²) in [6, 6.07) is 11.5. The van der Waals surface area contributed by atoms with Crippen molar-refractivity contribution in [3.8, 4) is 0 Å². The Balaban J connectivity index is 1.55. The first-order valence-electron chi connectivity index (χ1n) is 9.45. The lowest BCUT2D eigenvalue weighted by molar-refractivity contribution is -0.126. The Morgan fingerprint density at radius 3 is 2.37 bits per heavy atom. The molecule has 27 heavy (non-hydrogen) atoms. The predicted molar refractivity (Wildman–Crippen MR) is 106 cm³/mol. The van der Waals surface area contributed by atoms with Crippen LogP contribution in [0, 0.1) is 6.92 Å². The number of nitrogens with one attached hydrogen (secondary N) is 1. The number of carbonyl (C=O) groups excluding carboxylic acids is 2. The van der Waals surface area contributed by atoms with Gasteiger partial charge in [0.2, 0.25) is 5.91 Å². The van der Waals surface area contributed by atoms with E-state index in [2.05, 4.69) is 10.3 Å². The summed E-state index contributed by atoms with van der Waals surface area (Å²) in [7, 11) is 0. The Bertz CT molecular complexity index is 792. The Morgan fingerprint density at radius 1 is 1.11 bits per heavy atom. The van der Waals surface area contributed by atoms with E-state index in [0.717, 1.165) is 29.5 Å². The number of carbonyl (C=O) groups is 2. The number of amides is 2. The molecule has 1 aromatic heterocycles. The first-order chi connectivity index (χ1) is 12.9. The second-order valence-electron chi connectivity index (χ2n) is 7.77. The smallest absolute Gasteiger partial charge is 0.253 e. The fourth-order valence-corrected chi connectivity index (χ4v) is 3.34. The van der Waals surface area contributed by atoms with Gasteiger partial charge in [0.25, 0.3) is 5.91 Å². The average Bonchev–Trinajstić information content (AvgIpc) is 2.69. The molecule has 5 heteroatoms. The summed E-state index contributed by atoms with van der Waals surface area (Å²) >= 11 is 0. The third kappa shape index (κ3) is 4.35. The molecule has 1 aliphatic heterocycles. The molecular formula is C22H27N3O2. The highest BCUT2D eigenvalue weighted by molar-refractivity contribution is 5.94. The number of benzene rings is 1. The molecule has 0 unspecified atom stereocenters. The Morgan fingerprint density at radius 2 is 1.78 bits per heavy atom. The molecule has 0 bridgehead atoms. The van der Waals surface area contributed by atoms with E-state index in [-0.39, 0.29) is 17.9 Å². The van der Waals surface area contributed by atoms with Crippen LogP contribution in [0.15, 0.2) is 48.8 Å². The van der Waals surface area contributed by atoms with Crippen molar-refractivity contribution in [2.24, 2.45) is 0 Å². The summed E-state index contributed by atoms with van der Waals surface area (Å²) in [5.41, 5.74) is 2.13. The largest absolute Gasteiger partial charge is 0.352 e. The molecule has 5 nitrogen and oxygen atoms in total. The molecule has 1 saturated heterocycles. The lowest BCUT2D eigenvalue weighted by atomic mass is 9.84. The van der Waals surface area contributed by atoms with Crippen LogP contribution in [-0.4, -0.2) is 40.8 Å². The minimum atomic E-state index is -0.636. The third-order valence-corrected chi connectivity index (χ3v) is 5.37. The van der Waals surface area contributed by atoms with Crippen molar-refractivity contribution in [2.45, 2.75) is 45.1 Å². The molecule has 0 radical (unpaired) electrons. The van der Waals surface area contributed by atoms with Crippen LogP contribution in [0.25, 0.3) is 0 Å². The van der Waals surface area contributed by atoms with Crippen molar-refractivity contribution in [2.75, 3.05) is 13.1 Å². The van der Waals surface area contributed by atoms with Gasteiger partial charge in [0.1, 0.15) is 0 Å². The lowest BCUT2D eigenvalue weighted by Crippen LogP contribution is -2.50. The molecule has 142 valence electrons. The zero-order valence-electron chi connectivity index (χ0n) is 16.2. The molecule has 2 heterocycles. The van der Waals surface area contributed by atoms with Crippen molar-refractivity contribution in [3.05, 3.63) is 65.5 Å². The van der Waals surface area contributed by atoms with Crippen LogP contribution in [-0.2, 0) is 10.2 Å². The maximum absolute atomic E-state index is 12.8. The molecule has 1 aliphatic rings. The van der Waals surface area contributed by atoms with E-state index in [1.807, 2.05) is 62.1 Å². The van der Waals surface area contributed by atoms with Crippen LogP contribution in [0.3, 0.4) is 0 Å². The first kappa shape index (κ1) is 19.1. The fourth-order valence-electron chi connectivity index (χ4n) is 3.34. The van der Waals surface area contributed by atoms with Crippen LogP contribution < -0.4 is 5.32 Å². The molecular weight excluding hydrogens is 338 g/mol. The van der Waals surface area contributed by atoms with Gasteiger partial charge in [-0.3, -0.25) is 14.6 Å². The number of rotatable bonds is 4. The highest BCUT2D eigenvalue weighted by Crippen LogP contribution is 2.23. The highest BCUT2D eigenvalue weighted by atomic mass is 16.2. The standard InChI is InChI=1S/C22H27N3O2/c1-16-6-8-17(9-7-16)20(26)25-13-10-19(11-14-25)24-21(27)22(2,3)18-5-4-12-23-15-18/h4-9,12,15,19H,10-11,13-14H2,1-3H3,(H,24,27). The summed E-state index contributed by atoms with van der Waals surface area (Å²) in [6.45, 7) is 7.15. The van der Waals surface area contributed by atoms with Crippen molar-refractivity contribution < 1.29 is 9.59 Å². The summed E-state index contributed by atoms with van der Waals surface area (Å²) in [4.78, 5) is 31.4. The van der Waals surface area contributed by atoms with Crippen LogP contribution in [0.1, 0.15) is 48.2 Å². The Hall–Kier alpha value is -2.69. The van der Waals surface area contributed by atoms with Gasteiger partial charge in [-0.15, -0.1) is 0 Å². The zero-order chi connectivity index (χ0) is 19.4. The average molecular weight is 365 g/mol. The number of aromatic nitrogens is 1. The van der Waals surface area contributed by atoms with Gasteiger partial charge in [0, 0.05) is 37.1 Å². The van der Waals surface area contributed by atoms with Gasteiger partial charge in [0.15, 0.2) is 0 Å². The molecule has 2 aromatic rings. The maximum atomic E-state index is 12.8. The SMILES string of the molecule is Cc1ccc(C(=O)N2CCC(NC(=O)C(C)(C)c3cccnc3)CC2)cc1. The van der Waals surface area contributed by atoms with Gasteiger partial charge in [-0.25, -0.2) is 0 Å². The van der Waals surface area contributed by atoms with Crippen molar-refractivity contribution >= 4 is 11.8 Å². The number of nitrogens with zero attached hydrogens (tertiary/aromatic N) is 2. The number of pyridine rings is 1. The fraction of sp³-hybridized carbons (Fsp3) is 0.409. The van der Waals surface area contributed by atoms with E-state index in [1.54, 1.807) is 12.4 Å². The maximum Gasteiger partial charge on any atom is 0.253 e. The molecule has 0 spiro atoms. The first-order valence-corrected chi connectivity index (χ1v) is 9.45. The molecule has 1 aromatic carbocycles. The second kappa shape index (κ2) is 7.91. The van der Waals surface area contributed by atoms with Gasteiger partial charge in [0.05, 0.1) is 5.41 Å². The normalized spacial score (nSPS) is 15.4. The van der Waals surface area contributed by atoms with E-state index in [1.165, 1.54) is 0 Å².